The summed E-state index contributed by atoms with van der Waals surface area (Å²) in [6.07, 6.45) is 8.99. The van der Waals surface area contributed by atoms with Gasteiger partial charge in [-0.25, -0.2) is 8.78 Å². The fourth-order valence-corrected chi connectivity index (χ4v) is 5.65. The molecule has 0 N–H and O–H groups in total. The zero-order valence-electron chi connectivity index (χ0n) is 26.6. The molecule has 0 spiro atoms. The Balaban J connectivity index is 1.77. The van der Waals surface area contributed by atoms with Crippen molar-refractivity contribution >= 4 is 38.4 Å². The molecule has 0 bridgehead atoms. The lowest BCUT2D eigenvalue weighted by molar-refractivity contribution is 0.0987. The molecule has 3 aromatic carbocycles. The number of hydrogen-bond acceptors (Lipinski definition) is 5. The van der Waals surface area contributed by atoms with Crippen molar-refractivity contribution in [2.45, 2.75) is 58.8 Å². The van der Waals surface area contributed by atoms with E-state index in [4.69, 9.17) is 14.2 Å². The van der Waals surface area contributed by atoms with Crippen molar-refractivity contribution in [3.05, 3.63) is 88.2 Å². The van der Waals surface area contributed by atoms with E-state index < -0.39 is 23.0 Å². The largest absolute Gasteiger partial charge is 0.497 e. The Hall–Kier alpha value is -3.92. The number of rotatable bonds is 17. The summed E-state index contributed by atoms with van der Waals surface area (Å²) in [7, 11) is 1.55. The van der Waals surface area contributed by atoms with Gasteiger partial charge in [0.1, 0.15) is 34.4 Å². The van der Waals surface area contributed by atoms with Crippen LogP contribution in [0.2, 0.25) is 0 Å². The zero-order valence-corrected chi connectivity index (χ0v) is 28.2. The smallest absolute Gasteiger partial charge is 0.263 e. The number of nitrogens with zero attached hydrogens (tertiary/aromatic N) is 2. The Labute approximate surface area is 277 Å². The third-order valence-electron chi connectivity index (χ3n) is 7.58. The lowest BCUT2D eigenvalue weighted by atomic mass is 10.1. The standard InChI is InChI=1S/C36H41BrF2N2O5/c1-4-15-45-31-21-28(20-30(22-31)44-3)41-24-33(36(43)40(5-2)27-18-25(38)17-26(39)19-27)35(42)32-13-12-29(23-34(32)41)46-16-11-9-7-6-8-10-14-37/h12-13,17-24H,4-11,14-16H2,1-3H3. The van der Waals surface area contributed by atoms with Gasteiger partial charge >= 0.3 is 0 Å². The molecular formula is C36H41BrF2N2O5. The SMILES string of the molecule is CCCOc1cc(OC)cc(-n2cc(C(=O)N(CC)c3cc(F)cc(F)c3)c(=O)c3ccc(OCCCCCCCCBr)cc32)c1. The molecule has 4 rings (SSSR count). The number of alkyl halides is 1. The third kappa shape index (κ3) is 8.87. The van der Waals surface area contributed by atoms with Crippen molar-refractivity contribution in [3.8, 4) is 22.9 Å². The fraction of sp³-hybridized carbons (Fsp3) is 0.389. The Morgan fingerprint density at radius 3 is 2.17 bits per heavy atom. The number of unbranched alkanes of at least 4 members (excludes halogenated alkanes) is 5. The number of aromatic nitrogens is 1. The molecule has 0 unspecified atom stereocenters. The molecule has 1 heterocycles. The lowest BCUT2D eigenvalue weighted by Gasteiger charge is -2.22. The first-order valence-corrected chi connectivity index (χ1v) is 16.9. The number of fused-ring (bicyclic) bond motifs is 1. The van der Waals surface area contributed by atoms with E-state index >= 15 is 0 Å². The van der Waals surface area contributed by atoms with E-state index in [2.05, 4.69) is 15.9 Å². The predicted octanol–water partition coefficient (Wildman–Crippen LogP) is 8.85. The summed E-state index contributed by atoms with van der Waals surface area (Å²) < 4.78 is 47.5. The second-order valence-electron chi connectivity index (χ2n) is 11.0. The van der Waals surface area contributed by atoms with Crippen LogP contribution in [0.4, 0.5) is 14.5 Å². The highest BCUT2D eigenvalue weighted by atomic mass is 79.9. The summed E-state index contributed by atoms with van der Waals surface area (Å²) in [6.45, 7) is 4.79. The maximum atomic E-state index is 14.1. The van der Waals surface area contributed by atoms with Crippen LogP contribution in [0, 0.1) is 11.6 Å². The molecule has 46 heavy (non-hydrogen) atoms. The minimum atomic E-state index is -0.824. The molecular weight excluding hydrogens is 658 g/mol. The van der Waals surface area contributed by atoms with E-state index in [0.29, 0.717) is 41.7 Å². The van der Waals surface area contributed by atoms with Gasteiger partial charge in [-0.15, -0.1) is 0 Å². The van der Waals surface area contributed by atoms with Gasteiger partial charge in [-0.1, -0.05) is 48.5 Å². The molecule has 1 amide bonds. The van der Waals surface area contributed by atoms with Crippen molar-refractivity contribution in [3.63, 3.8) is 0 Å². The third-order valence-corrected chi connectivity index (χ3v) is 8.14. The van der Waals surface area contributed by atoms with Crippen LogP contribution < -0.4 is 24.5 Å². The Kier molecular flexibility index (Phi) is 13.0. The Bertz CT molecular complexity index is 1670. The average molecular weight is 700 g/mol. The average Bonchev–Trinajstić information content (AvgIpc) is 3.04. The van der Waals surface area contributed by atoms with Crippen molar-refractivity contribution in [1.29, 1.82) is 0 Å². The first-order chi connectivity index (χ1) is 22.3. The summed E-state index contributed by atoms with van der Waals surface area (Å²) in [5, 5.41) is 1.32. The highest BCUT2D eigenvalue weighted by Crippen LogP contribution is 2.30. The van der Waals surface area contributed by atoms with E-state index in [0.717, 1.165) is 49.2 Å². The van der Waals surface area contributed by atoms with E-state index in [9.17, 15) is 18.4 Å². The Morgan fingerprint density at radius 2 is 1.50 bits per heavy atom. The number of amides is 1. The van der Waals surface area contributed by atoms with Crippen molar-refractivity contribution < 1.29 is 27.8 Å². The quantitative estimate of drug-likeness (QED) is 0.0814. The molecule has 10 heteroatoms. The number of anilines is 1. The summed E-state index contributed by atoms with van der Waals surface area (Å²) in [6, 6.07) is 13.4. The molecule has 4 aromatic rings. The van der Waals surface area contributed by atoms with Gasteiger partial charge in [0, 0.05) is 59.5 Å². The molecule has 0 atom stereocenters. The van der Waals surface area contributed by atoms with Crippen molar-refractivity contribution in [1.82, 2.24) is 4.57 Å². The number of hydrogen-bond donors (Lipinski definition) is 0. The molecule has 0 saturated heterocycles. The second-order valence-corrected chi connectivity index (χ2v) is 11.8. The normalized spacial score (nSPS) is 11.1. The van der Waals surface area contributed by atoms with Gasteiger partial charge in [-0.2, -0.15) is 0 Å². The van der Waals surface area contributed by atoms with Crippen LogP contribution in [0.15, 0.2) is 65.6 Å². The van der Waals surface area contributed by atoms with E-state index in [-0.39, 0.29) is 23.2 Å². The number of ether oxygens (including phenoxy) is 3. The summed E-state index contributed by atoms with van der Waals surface area (Å²) in [5.74, 6) is -0.655. The molecule has 0 radical (unpaired) electrons. The summed E-state index contributed by atoms with van der Waals surface area (Å²) in [4.78, 5) is 29.0. The van der Waals surface area contributed by atoms with Gasteiger partial charge in [0.2, 0.25) is 5.43 Å². The van der Waals surface area contributed by atoms with Crippen LogP contribution in [0.1, 0.15) is 69.2 Å². The molecule has 0 saturated carbocycles. The maximum absolute atomic E-state index is 14.1. The molecule has 0 aliphatic heterocycles. The fourth-order valence-electron chi connectivity index (χ4n) is 5.26. The first-order valence-electron chi connectivity index (χ1n) is 15.8. The number of pyridine rings is 1. The molecule has 0 aliphatic rings. The molecule has 0 fully saturated rings. The molecule has 0 aliphatic carbocycles. The van der Waals surface area contributed by atoms with Crippen LogP contribution >= 0.6 is 15.9 Å². The van der Waals surface area contributed by atoms with Gasteiger partial charge in [0.15, 0.2) is 0 Å². The van der Waals surface area contributed by atoms with Gasteiger partial charge in [0.05, 0.1) is 31.5 Å². The van der Waals surface area contributed by atoms with Crippen LogP contribution in [0.3, 0.4) is 0 Å². The highest BCUT2D eigenvalue weighted by molar-refractivity contribution is 9.09. The van der Waals surface area contributed by atoms with E-state index in [1.807, 2.05) is 6.92 Å². The second kappa shape index (κ2) is 17.1. The number of carbonyl (C=O) groups is 1. The predicted molar refractivity (Wildman–Crippen MR) is 183 cm³/mol. The van der Waals surface area contributed by atoms with Crippen LogP contribution in [0.25, 0.3) is 16.6 Å². The zero-order chi connectivity index (χ0) is 33.1. The van der Waals surface area contributed by atoms with Gasteiger partial charge in [-0.05, 0) is 50.5 Å². The number of methoxy groups -OCH3 is 1. The van der Waals surface area contributed by atoms with Crippen molar-refractivity contribution in [2.24, 2.45) is 0 Å². The summed E-state index contributed by atoms with van der Waals surface area (Å²) in [5.41, 5.74) is 0.450. The van der Waals surface area contributed by atoms with Crippen LogP contribution in [-0.4, -0.2) is 42.7 Å². The minimum Gasteiger partial charge on any atom is -0.497 e. The lowest BCUT2D eigenvalue weighted by Crippen LogP contribution is -2.35. The van der Waals surface area contributed by atoms with Gasteiger partial charge in [-0.3, -0.25) is 9.59 Å². The number of benzene rings is 3. The number of carbonyl (C=O) groups excluding carboxylic acids is 1. The van der Waals surface area contributed by atoms with Crippen LogP contribution in [-0.2, 0) is 0 Å². The van der Waals surface area contributed by atoms with Crippen LogP contribution in [0.5, 0.6) is 17.2 Å². The topological polar surface area (TPSA) is 70.0 Å². The maximum Gasteiger partial charge on any atom is 0.263 e. The van der Waals surface area contributed by atoms with Gasteiger partial charge in [0.25, 0.3) is 5.91 Å². The molecule has 246 valence electrons. The van der Waals surface area contributed by atoms with Gasteiger partial charge < -0.3 is 23.7 Å². The minimum absolute atomic E-state index is 0.0135. The Morgan fingerprint density at radius 1 is 0.826 bits per heavy atom. The van der Waals surface area contributed by atoms with E-state index in [1.165, 1.54) is 30.4 Å². The monoisotopic (exact) mass is 698 g/mol. The molecule has 1 aromatic heterocycles. The molecule has 7 nitrogen and oxygen atoms in total. The van der Waals surface area contributed by atoms with Crippen molar-refractivity contribution in [2.75, 3.05) is 37.1 Å². The van der Waals surface area contributed by atoms with E-state index in [1.54, 1.807) is 55.0 Å². The summed E-state index contributed by atoms with van der Waals surface area (Å²) >= 11 is 3.47. The first kappa shape index (κ1) is 34.9. The highest BCUT2D eigenvalue weighted by Gasteiger charge is 2.24. The number of halogens is 3.